The maximum absolute atomic E-state index is 13.2. The van der Waals surface area contributed by atoms with Crippen LogP contribution in [0.15, 0.2) is 18.2 Å². The van der Waals surface area contributed by atoms with E-state index in [-0.39, 0.29) is 17.0 Å². The Kier molecular flexibility index (Phi) is 3.92. The Bertz CT molecular complexity index is 520. The fourth-order valence-electron chi connectivity index (χ4n) is 2.80. The Hall–Kier alpha value is -1.17. The second-order valence-electron chi connectivity index (χ2n) is 5.04. The minimum atomic E-state index is -0.466. The highest BCUT2D eigenvalue weighted by Crippen LogP contribution is 2.28. The van der Waals surface area contributed by atoms with Gasteiger partial charge in [-0.25, -0.2) is 4.39 Å². The first-order chi connectivity index (χ1) is 9.66. The van der Waals surface area contributed by atoms with E-state index in [4.69, 9.17) is 16.3 Å². The molecule has 2 saturated heterocycles. The first-order valence-electron chi connectivity index (χ1n) is 6.75. The molecule has 0 spiro atoms. The van der Waals surface area contributed by atoms with Gasteiger partial charge in [0.05, 0.1) is 24.3 Å². The number of rotatable bonds is 2. The number of ether oxygens (including phenoxy) is 1. The molecule has 20 heavy (non-hydrogen) atoms. The average Bonchev–Trinajstić information content (AvgIpc) is 2.85. The molecule has 0 saturated carbocycles. The summed E-state index contributed by atoms with van der Waals surface area (Å²) in [5.41, 5.74) is 0.664. The minimum absolute atomic E-state index is 0.0464. The molecule has 0 unspecified atom stereocenters. The van der Waals surface area contributed by atoms with Crippen molar-refractivity contribution < 1.29 is 13.9 Å². The molecule has 1 amide bonds. The number of hydrogen-bond donors (Lipinski definition) is 0. The highest BCUT2D eigenvalue weighted by molar-refractivity contribution is 6.31. The maximum Gasteiger partial charge on any atom is 0.244 e. The van der Waals surface area contributed by atoms with Crippen molar-refractivity contribution in [2.75, 3.05) is 37.7 Å². The van der Waals surface area contributed by atoms with E-state index in [2.05, 4.69) is 4.90 Å². The van der Waals surface area contributed by atoms with E-state index in [1.165, 1.54) is 12.1 Å². The van der Waals surface area contributed by atoms with Crippen LogP contribution in [0.4, 0.5) is 10.1 Å². The van der Waals surface area contributed by atoms with Crippen molar-refractivity contribution in [2.24, 2.45) is 0 Å². The van der Waals surface area contributed by atoms with Gasteiger partial charge in [-0.05, 0) is 24.6 Å². The standard InChI is InChI=1S/C14H16ClFN2O2/c15-11-9-10(1-2-12(11)16)18-4-3-13(14(18)19)17-5-7-20-8-6-17/h1-2,9,13H,3-8H2/t13-/m1/s1. The van der Waals surface area contributed by atoms with Gasteiger partial charge in [0.1, 0.15) is 5.82 Å². The predicted molar refractivity (Wildman–Crippen MR) is 74.6 cm³/mol. The average molecular weight is 299 g/mol. The van der Waals surface area contributed by atoms with Gasteiger partial charge in [0.25, 0.3) is 0 Å². The third kappa shape index (κ3) is 2.53. The molecule has 3 rings (SSSR count). The van der Waals surface area contributed by atoms with Gasteiger partial charge in [-0.1, -0.05) is 11.6 Å². The lowest BCUT2D eigenvalue weighted by molar-refractivity contribution is -0.123. The first-order valence-corrected chi connectivity index (χ1v) is 7.13. The summed E-state index contributed by atoms with van der Waals surface area (Å²) < 4.78 is 18.5. The third-order valence-corrected chi connectivity index (χ3v) is 4.17. The molecule has 2 aliphatic heterocycles. The molecule has 108 valence electrons. The molecule has 2 fully saturated rings. The molecular formula is C14H16ClFN2O2. The van der Waals surface area contributed by atoms with Crippen molar-refractivity contribution >= 4 is 23.2 Å². The Morgan fingerprint density at radius 3 is 2.70 bits per heavy atom. The van der Waals surface area contributed by atoms with Crippen LogP contribution >= 0.6 is 11.6 Å². The first kappa shape index (κ1) is 13.8. The summed E-state index contributed by atoms with van der Waals surface area (Å²) in [5.74, 6) is -0.402. The fraction of sp³-hybridized carbons (Fsp3) is 0.500. The minimum Gasteiger partial charge on any atom is -0.379 e. The molecule has 2 aliphatic rings. The largest absolute Gasteiger partial charge is 0.379 e. The molecule has 1 aromatic rings. The van der Waals surface area contributed by atoms with Crippen molar-refractivity contribution in [1.82, 2.24) is 4.90 Å². The van der Waals surface area contributed by atoms with Crippen molar-refractivity contribution in [2.45, 2.75) is 12.5 Å². The van der Waals surface area contributed by atoms with E-state index in [0.29, 0.717) is 25.4 Å². The van der Waals surface area contributed by atoms with Crippen LogP contribution in [0.25, 0.3) is 0 Å². The van der Waals surface area contributed by atoms with Crippen molar-refractivity contribution in [3.8, 4) is 0 Å². The van der Waals surface area contributed by atoms with Gasteiger partial charge in [0, 0.05) is 25.3 Å². The van der Waals surface area contributed by atoms with Gasteiger partial charge in [-0.3, -0.25) is 9.69 Å². The topological polar surface area (TPSA) is 32.8 Å². The van der Waals surface area contributed by atoms with Crippen LogP contribution in [0.1, 0.15) is 6.42 Å². The zero-order valence-electron chi connectivity index (χ0n) is 11.0. The number of carbonyl (C=O) groups is 1. The monoisotopic (exact) mass is 298 g/mol. The van der Waals surface area contributed by atoms with E-state index >= 15 is 0 Å². The zero-order chi connectivity index (χ0) is 14.1. The Balaban J connectivity index is 1.76. The molecule has 2 heterocycles. The number of carbonyl (C=O) groups excluding carboxylic acids is 1. The summed E-state index contributed by atoms with van der Waals surface area (Å²) in [7, 11) is 0. The van der Waals surface area contributed by atoms with Gasteiger partial charge in [-0.2, -0.15) is 0 Å². The number of hydrogen-bond acceptors (Lipinski definition) is 3. The number of amides is 1. The molecule has 0 N–H and O–H groups in total. The summed E-state index contributed by atoms with van der Waals surface area (Å²) in [6.45, 7) is 3.56. The summed E-state index contributed by atoms with van der Waals surface area (Å²) in [4.78, 5) is 16.4. The smallest absolute Gasteiger partial charge is 0.244 e. The Labute approximate surface area is 122 Å². The molecule has 4 nitrogen and oxygen atoms in total. The Morgan fingerprint density at radius 1 is 1.25 bits per heavy atom. The third-order valence-electron chi connectivity index (χ3n) is 3.88. The highest BCUT2D eigenvalue weighted by Gasteiger charge is 2.37. The Morgan fingerprint density at radius 2 is 2.00 bits per heavy atom. The van der Waals surface area contributed by atoms with E-state index in [1.807, 2.05) is 0 Å². The lowest BCUT2D eigenvalue weighted by Gasteiger charge is -2.31. The number of halogens is 2. The van der Waals surface area contributed by atoms with Crippen LogP contribution < -0.4 is 4.90 Å². The van der Waals surface area contributed by atoms with Crippen molar-refractivity contribution in [1.29, 1.82) is 0 Å². The van der Waals surface area contributed by atoms with Crippen LogP contribution in [-0.4, -0.2) is 49.7 Å². The zero-order valence-corrected chi connectivity index (χ0v) is 11.8. The van der Waals surface area contributed by atoms with Crippen molar-refractivity contribution in [3.63, 3.8) is 0 Å². The van der Waals surface area contributed by atoms with Gasteiger partial charge in [0.2, 0.25) is 5.91 Å². The number of nitrogens with zero attached hydrogens (tertiary/aromatic N) is 2. The fourth-order valence-corrected chi connectivity index (χ4v) is 2.98. The second-order valence-corrected chi connectivity index (χ2v) is 5.45. The second kappa shape index (κ2) is 5.68. The van der Waals surface area contributed by atoms with Crippen molar-refractivity contribution in [3.05, 3.63) is 29.0 Å². The van der Waals surface area contributed by atoms with Crippen LogP contribution in [0.5, 0.6) is 0 Å². The van der Waals surface area contributed by atoms with E-state index in [1.54, 1.807) is 11.0 Å². The van der Waals surface area contributed by atoms with Crippen LogP contribution in [-0.2, 0) is 9.53 Å². The lowest BCUT2D eigenvalue weighted by atomic mass is 10.2. The van der Waals surface area contributed by atoms with Crippen LogP contribution in [0.3, 0.4) is 0 Å². The van der Waals surface area contributed by atoms with E-state index < -0.39 is 5.82 Å². The molecule has 0 radical (unpaired) electrons. The van der Waals surface area contributed by atoms with Gasteiger partial charge >= 0.3 is 0 Å². The lowest BCUT2D eigenvalue weighted by Crippen LogP contribution is -2.47. The van der Waals surface area contributed by atoms with E-state index in [9.17, 15) is 9.18 Å². The summed E-state index contributed by atoms with van der Waals surface area (Å²) in [6.07, 6.45) is 0.786. The number of benzene rings is 1. The van der Waals surface area contributed by atoms with Crippen LogP contribution in [0, 0.1) is 5.82 Å². The normalized spacial score (nSPS) is 24.4. The molecular weight excluding hydrogens is 283 g/mol. The predicted octanol–water partition coefficient (Wildman–Crippen LogP) is 1.92. The molecule has 1 aromatic carbocycles. The summed E-state index contributed by atoms with van der Waals surface area (Å²) in [6, 6.07) is 4.31. The van der Waals surface area contributed by atoms with Crippen LogP contribution in [0.2, 0.25) is 5.02 Å². The number of morpholine rings is 1. The van der Waals surface area contributed by atoms with E-state index in [0.717, 1.165) is 19.5 Å². The molecule has 0 aliphatic carbocycles. The van der Waals surface area contributed by atoms with Gasteiger partial charge in [-0.15, -0.1) is 0 Å². The molecule has 0 bridgehead atoms. The maximum atomic E-state index is 13.2. The molecule has 1 atom stereocenters. The summed E-state index contributed by atoms with van der Waals surface area (Å²) in [5, 5.41) is 0.0464. The molecule has 6 heteroatoms. The molecule has 0 aromatic heterocycles. The van der Waals surface area contributed by atoms with Gasteiger partial charge in [0.15, 0.2) is 0 Å². The summed E-state index contributed by atoms with van der Waals surface area (Å²) >= 11 is 5.79. The quantitative estimate of drug-likeness (QED) is 0.836. The SMILES string of the molecule is O=C1[C@H](N2CCOCC2)CCN1c1ccc(F)c(Cl)c1. The highest BCUT2D eigenvalue weighted by atomic mass is 35.5. The number of anilines is 1. The van der Waals surface area contributed by atoms with Gasteiger partial charge < -0.3 is 9.64 Å².